The lowest BCUT2D eigenvalue weighted by Gasteiger charge is -2.47. The molecule has 32 heavy (non-hydrogen) atoms. The summed E-state index contributed by atoms with van der Waals surface area (Å²) >= 11 is 0. The predicted octanol–water partition coefficient (Wildman–Crippen LogP) is 4.85. The van der Waals surface area contributed by atoms with E-state index in [9.17, 15) is 4.79 Å². The Morgan fingerprint density at radius 3 is 2.81 bits per heavy atom. The van der Waals surface area contributed by atoms with Gasteiger partial charge in [0.05, 0.1) is 6.04 Å². The third-order valence-corrected chi connectivity index (χ3v) is 6.94. The molecule has 0 bridgehead atoms. The molecule has 0 radical (unpaired) electrons. The summed E-state index contributed by atoms with van der Waals surface area (Å²) in [4.78, 5) is 20.8. The number of carboxylic acid groups (broad SMARTS) is 1. The SMILES string of the molecule is CC1=CC(C)(C)N(CCCC(=O)O)C2C=C3Oc4cc(N5CCCC5)ccc4N=C3C=C12. The Bertz CT molecular complexity index is 1070. The third-order valence-electron chi connectivity index (χ3n) is 6.94. The number of hydrogen-bond acceptors (Lipinski definition) is 5. The minimum absolute atomic E-state index is 0.0426. The van der Waals surface area contributed by atoms with Crippen LogP contribution in [0.4, 0.5) is 11.4 Å². The minimum atomic E-state index is -0.750. The fourth-order valence-electron chi connectivity index (χ4n) is 5.38. The van der Waals surface area contributed by atoms with Gasteiger partial charge in [-0.25, -0.2) is 4.99 Å². The van der Waals surface area contributed by atoms with Crippen LogP contribution >= 0.6 is 0 Å². The number of rotatable bonds is 5. The molecule has 4 aliphatic rings. The van der Waals surface area contributed by atoms with Crippen molar-refractivity contribution in [1.29, 1.82) is 0 Å². The number of anilines is 1. The van der Waals surface area contributed by atoms with Gasteiger partial charge in [-0.2, -0.15) is 0 Å². The second-order valence-corrected chi connectivity index (χ2v) is 9.69. The van der Waals surface area contributed by atoms with Crippen molar-refractivity contribution in [3.8, 4) is 5.75 Å². The largest absolute Gasteiger partial charge is 0.481 e. The van der Waals surface area contributed by atoms with Crippen molar-refractivity contribution in [2.75, 3.05) is 24.5 Å². The lowest BCUT2D eigenvalue weighted by atomic mass is 9.81. The van der Waals surface area contributed by atoms with Gasteiger partial charge in [-0.1, -0.05) is 6.08 Å². The average molecular weight is 434 g/mol. The Hall–Kier alpha value is -2.86. The van der Waals surface area contributed by atoms with Gasteiger partial charge in [0.25, 0.3) is 0 Å². The zero-order chi connectivity index (χ0) is 22.5. The van der Waals surface area contributed by atoms with Gasteiger partial charge in [0, 0.05) is 43.3 Å². The molecule has 3 aliphatic heterocycles. The molecule has 0 amide bonds. The highest BCUT2D eigenvalue weighted by Crippen LogP contribution is 2.42. The Morgan fingerprint density at radius 1 is 1.28 bits per heavy atom. The van der Waals surface area contributed by atoms with Crippen LogP contribution in [0.1, 0.15) is 46.5 Å². The maximum Gasteiger partial charge on any atom is 0.303 e. The first-order chi connectivity index (χ1) is 15.3. The zero-order valence-electron chi connectivity index (χ0n) is 19.1. The van der Waals surface area contributed by atoms with Gasteiger partial charge in [0.2, 0.25) is 0 Å². The highest BCUT2D eigenvalue weighted by molar-refractivity contribution is 6.12. The fraction of sp³-hybridized carbons (Fsp3) is 0.462. The molecule has 1 saturated heterocycles. The summed E-state index contributed by atoms with van der Waals surface area (Å²) in [5.41, 5.74) is 5.19. The standard InChI is InChI=1S/C26H31N3O3/c1-17-16-26(2,3)29(12-6-7-25(30)31)22-15-24-21(14-19(17)22)27-20-9-8-18(13-23(20)32-24)28-10-4-5-11-28/h8-9,13-16,22H,4-7,10-12H2,1-3H3,(H,30,31). The molecule has 1 aliphatic carbocycles. The lowest BCUT2D eigenvalue weighted by molar-refractivity contribution is -0.137. The van der Waals surface area contributed by atoms with E-state index in [2.05, 4.69) is 67.0 Å². The number of nitrogens with zero attached hydrogens (tertiary/aromatic N) is 3. The van der Waals surface area contributed by atoms with Crippen LogP contribution in [-0.4, -0.2) is 52.9 Å². The van der Waals surface area contributed by atoms with Gasteiger partial charge in [-0.15, -0.1) is 0 Å². The fourth-order valence-corrected chi connectivity index (χ4v) is 5.38. The zero-order valence-corrected chi connectivity index (χ0v) is 19.1. The molecule has 1 unspecified atom stereocenters. The normalized spacial score (nSPS) is 23.7. The first-order valence-electron chi connectivity index (χ1n) is 11.6. The number of fused-ring (bicyclic) bond motifs is 3. The average Bonchev–Trinajstić information content (AvgIpc) is 3.27. The number of ether oxygens (including phenoxy) is 1. The molecule has 1 aromatic carbocycles. The van der Waals surface area contributed by atoms with Gasteiger partial charge in [0.1, 0.15) is 11.4 Å². The van der Waals surface area contributed by atoms with Crippen molar-refractivity contribution in [2.45, 2.75) is 58.0 Å². The van der Waals surface area contributed by atoms with Crippen LogP contribution in [0.5, 0.6) is 5.75 Å². The van der Waals surface area contributed by atoms with E-state index in [4.69, 9.17) is 14.8 Å². The molecule has 6 heteroatoms. The van der Waals surface area contributed by atoms with Gasteiger partial charge in [-0.3, -0.25) is 9.69 Å². The number of carboxylic acids is 1. The quantitative estimate of drug-likeness (QED) is 0.719. The lowest BCUT2D eigenvalue weighted by Crippen LogP contribution is -2.53. The van der Waals surface area contributed by atoms with Crippen molar-refractivity contribution >= 4 is 23.1 Å². The molecule has 6 nitrogen and oxygen atoms in total. The van der Waals surface area contributed by atoms with E-state index >= 15 is 0 Å². The number of benzene rings is 1. The van der Waals surface area contributed by atoms with Crippen molar-refractivity contribution < 1.29 is 14.6 Å². The summed E-state index contributed by atoms with van der Waals surface area (Å²) < 4.78 is 6.40. The van der Waals surface area contributed by atoms with Gasteiger partial charge >= 0.3 is 5.97 Å². The van der Waals surface area contributed by atoms with E-state index in [1.165, 1.54) is 29.7 Å². The van der Waals surface area contributed by atoms with E-state index in [1.54, 1.807) is 0 Å². The topological polar surface area (TPSA) is 65.4 Å². The van der Waals surface area contributed by atoms with Crippen LogP contribution in [0.25, 0.3) is 0 Å². The van der Waals surface area contributed by atoms with E-state index in [0.29, 0.717) is 13.0 Å². The van der Waals surface area contributed by atoms with Gasteiger partial charge in [-0.05, 0) is 75.5 Å². The number of aliphatic imine (C=N–C) groups is 1. The van der Waals surface area contributed by atoms with E-state index < -0.39 is 5.97 Å². The smallest absolute Gasteiger partial charge is 0.303 e. The Morgan fingerprint density at radius 2 is 2.06 bits per heavy atom. The van der Waals surface area contributed by atoms with Crippen molar-refractivity contribution in [1.82, 2.24) is 4.90 Å². The molecule has 0 spiro atoms. The highest BCUT2D eigenvalue weighted by Gasteiger charge is 2.39. The molecular formula is C26H31N3O3. The second kappa shape index (κ2) is 7.93. The summed E-state index contributed by atoms with van der Waals surface area (Å²) in [5.74, 6) is 0.847. The number of hydrogen-bond donors (Lipinski definition) is 1. The molecular weight excluding hydrogens is 402 g/mol. The van der Waals surface area contributed by atoms with Gasteiger partial charge in [0.15, 0.2) is 11.5 Å². The van der Waals surface area contributed by atoms with Crippen LogP contribution in [0.2, 0.25) is 0 Å². The molecule has 1 aromatic rings. The van der Waals surface area contributed by atoms with Gasteiger partial charge < -0.3 is 14.7 Å². The molecule has 1 N–H and O–H groups in total. The molecule has 1 atom stereocenters. The monoisotopic (exact) mass is 433 g/mol. The molecule has 168 valence electrons. The van der Waals surface area contributed by atoms with E-state index in [0.717, 1.165) is 36.0 Å². The Balaban J connectivity index is 1.48. The molecule has 1 fully saturated rings. The summed E-state index contributed by atoms with van der Waals surface area (Å²) in [7, 11) is 0. The molecule has 0 saturated carbocycles. The van der Waals surface area contributed by atoms with Crippen LogP contribution in [0.15, 0.2) is 58.3 Å². The van der Waals surface area contributed by atoms with Crippen molar-refractivity contribution in [3.05, 3.63) is 53.3 Å². The third kappa shape index (κ3) is 3.77. The van der Waals surface area contributed by atoms with E-state index in [-0.39, 0.29) is 18.0 Å². The summed E-state index contributed by atoms with van der Waals surface area (Å²) in [6, 6.07) is 6.36. The second-order valence-electron chi connectivity index (χ2n) is 9.69. The Labute approximate surface area is 189 Å². The maximum absolute atomic E-state index is 11.1. The van der Waals surface area contributed by atoms with Crippen LogP contribution in [-0.2, 0) is 4.79 Å². The predicted molar refractivity (Wildman–Crippen MR) is 127 cm³/mol. The first-order valence-corrected chi connectivity index (χ1v) is 11.6. The number of allylic oxidation sites excluding steroid dienone is 1. The molecule has 5 rings (SSSR count). The van der Waals surface area contributed by atoms with Crippen LogP contribution in [0.3, 0.4) is 0 Å². The molecule has 0 aromatic heterocycles. The summed E-state index contributed by atoms with van der Waals surface area (Å²) in [6.07, 6.45) is 9.84. The highest BCUT2D eigenvalue weighted by atomic mass is 16.5. The maximum atomic E-state index is 11.1. The summed E-state index contributed by atoms with van der Waals surface area (Å²) in [6.45, 7) is 9.42. The minimum Gasteiger partial charge on any atom is -0.481 e. The van der Waals surface area contributed by atoms with Crippen molar-refractivity contribution in [2.24, 2.45) is 4.99 Å². The summed E-state index contributed by atoms with van der Waals surface area (Å²) in [5, 5.41) is 9.10. The van der Waals surface area contributed by atoms with Crippen molar-refractivity contribution in [3.63, 3.8) is 0 Å². The Kier molecular flexibility index (Phi) is 5.20. The molecule has 3 heterocycles. The number of carbonyl (C=O) groups is 1. The first kappa shape index (κ1) is 21.0. The van der Waals surface area contributed by atoms with Crippen LogP contribution in [0, 0.1) is 0 Å². The van der Waals surface area contributed by atoms with Crippen LogP contribution < -0.4 is 9.64 Å². The van der Waals surface area contributed by atoms with E-state index in [1.807, 2.05) is 0 Å². The number of aliphatic carboxylic acids is 1.